The molecule has 1 N–H and O–H groups in total. The van der Waals surface area contributed by atoms with Crippen molar-refractivity contribution in [3.05, 3.63) is 66.4 Å². The average molecular weight is 496 g/mol. The van der Waals surface area contributed by atoms with E-state index in [0.29, 0.717) is 37.7 Å². The average Bonchev–Trinajstić information content (AvgIpc) is 3.38. The summed E-state index contributed by atoms with van der Waals surface area (Å²) in [5, 5.41) is 7.32. The number of ether oxygens (including phenoxy) is 1. The number of piperidine rings is 1. The van der Waals surface area contributed by atoms with E-state index < -0.39 is 10.0 Å². The third-order valence-electron chi connectivity index (χ3n) is 6.37. The van der Waals surface area contributed by atoms with E-state index >= 15 is 0 Å². The van der Waals surface area contributed by atoms with Gasteiger partial charge >= 0.3 is 0 Å². The number of amides is 1. The van der Waals surface area contributed by atoms with Gasteiger partial charge in [-0.15, -0.1) is 0 Å². The molecule has 3 heterocycles. The van der Waals surface area contributed by atoms with E-state index in [0.717, 1.165) is 43.7 Å². The van der Waals surface area contributed by atoms with Gasteiger partial charge in [-0.1, -0.05) is 18.2 Å². The SMILES string of the molecule is O=C(Nc1ccn(-c2ccccc2)n1)c1cc(S(=O)(=O)N2CCOCC2)ccc1N1CCCCC1. The molecule has 9 nitrogen and oxygen atoms in total. The predicted molar refractivity (Wildman–Crippen MR) is 134 cm³/mol. The van der Waals surface area contributed by atoms with E-state index in [1.54, 1.807) is 29.1 Å². The van der Waals surface area contributed by atoms with Gasteiger partial charge in [-0.05, 0) is 49.6 Å². The predicted octanol–water partition coefficient (Wildman–Crippen LogP) is 3.14. The number of carbonyl (C=O) groups excluding carboxylic acids is 1. The molecule has 0 bridgehead atoms. The second kappa shape index (κ2) is 10.2. The van der Waals surface area contributed by atoms with Crippen molar-refractivity contribution in [3.8, 4) is 5.69 Å². The van der Waals surface area contributed by atoms with Gasteiger partial charge in [0, 0.05) is 44.1 Å². The molecule has 1 amide bonds. The van der Waals surface area contributed by atoms with Crippen molar-refractivity contribution in [2.75, 3.05) is 49.6 Å². The van der Waals surface area contributed by atoms with E-state index in [1.165, 1.54) is 10.4 Å². The standard InChI is InChI=1S/C25H29N5O4S/c31-25(26-24-11-14-30(27-24)20-7-3-1-4-8-20)22-19-21(35(32,33)29-15-17-34-18-16-29)9-10-23(22)28-12-5-2-6-13-28/h1,3-4,7-11,14,19H,2,5-6,12-13,15-18H2,(H,26,27,31). The van der Waals surface area contributed by atoms with Crippen molar-refractivity contribution in [3.63, 3.8) is 0 Å². The number of sulfonamides is 1. The molecule has 0 spiro atoms. The molecule has 10 heteroatoms. The number of hydrogen-bond acceptors (Lipinski definition) is 6. The van der Waals surface area contributed by atoms with Crippen molar-refractivity contribution >= 4 is 27.4 Å². The first-order chi connectivity index (χ1) is 17.0. The van der Waals surface area contributed by atoms with Crippen molar-refractivity contribution in [1.29, 1.82) is 0 Å². The zero-order valence-corrected chi connectivity index (χ0v) is 20.3. The largest absolute Gasteiger partial charge is 0.379 e. The molecule has 0 atom stereocenters. The summed E-state index contributed by atoms with van der Waals surface area (Å²) < 4.78 is 35.0. The molecule has 0 aliphatic carbocycles. The van der Waals surface area contributed by atoms with Gasteiger partial charge in [-0.25, -0.2) is 13.1 Å². The number of benzene rings is 2. The Morgan fingerprint density at radius 2 is 1.66 bits per heavy atom. The molecule has 2 saturated heterocycles. The Morgan fingerprint density at radius 1 is 0.914 bits per heavy atom. The van der Waals surface area contributed by atoms with Gasteiger partial charge in [0.2, 0.25) is 10.0 Å². The first kappa shape index (κ1) is 23.5. The maximum Gasteiger partial charge on any atom is 0.259 e. The maximum absolute atomic E-state index is 13.5. The topological polar surface area (TPSA) is 96.8 Å². The zero-order chi connectivity index (χ0) is 24.3. The second-order valence-corrected chi connectivity index (χ2v) is 10.6. The Morgan fingerprint density at radius 3 is 2.40 bits per heavy atom. The molecule has 2 aliphatic rings. The van der Waals surface area contributed by atoms with Crippen LogP contribution in [-0.4, -0.2) is 67.8 Å². The summed E-state index contributed by atoms with van der Waals surface area (Å²) in [7, 11) is -3.74. The van der Waals surface area contributed by atoms with Gasteiger partial charge in [0.05, 0.1) is 29.4 Å². The monoisotopic (exact) mass is 495 g/mol. The van der Waals surface area contributed by atoms with Crippen molar-refractivity contribution < 1.29 is 17.9 Å². The highest BCUT2D eigenvalue weighted by molar-refractivity contribution is 7.89. The molecular weight excluding hydrogens is 466 g/mol. The quantitative estimate of drug-likeness (QED) is 0.564. The van der Waals surface area contributed by atoms with Gasteiger partial charge in [0.1, 0.15) is 0 Å². The fraction of sp³-hybridized carbons (Fsp3) is 0.360. The summed E-state index contributed by atoms with van der Waals surface area (Å²) in [5.41, 5.74) is 1.95. The minimum atomic E-state index is -3.74. The lowest BCUT2D eigenvalue weighted by Crippen LogP contribution is -2.40. The lowest BCUT2D eigenvalue weighted by molar-refractivity contribution is 0.0730. The highest BCUT2D eigenvalue weighted by Gasteiger charge is 2.29. The minimum absolute atomic E-state index is 0.111. The van der Waals surface area contributed by atoms with E-state index in [4.69, 9.17) is 4.74 Å². The number of rotatable bonds is 6. The van der Waals surface area contributed by atoms with Crippen LogP contribution in [0.15, 0.2) is 65.7 Å². The summed E-state index contributed by atoms with van der Waals surface area (Å²) in [6.07, 6.45) is 5.00. The third kappa shape index (κ3) is 5.09. The van der Waals surface area contributed by atoms with E-state index in [1.807, 2.05) is 30.3 Å². The van der Waals surface area contributed by atoms with E-state index in [-0.39, 0.29) is 10.8 Å². The second-order valence-electron chi connectivity index (χ2n) is 8.68. The van der Waals surface area contributed by atoms with Crippen LogP contribution >= 0.6 is 0 Å². The Bertz CT molecular complexity index is 1280. The fourth-order valence-corrected chi connectivity index (χ4v) is 5.94. The van der Waals surface area contributed by atoms with Crippen molar-refractivity contribution in [2.24, 2.45) is 0 Å². The van der Waals surface area contributed by atoms with Gasteiger partial charge in [-0.2, -0.15) is 9.40 Å². The van der Waals surface area contributed by atoms with Crippen LogP contribution in [0, 0.1) is 0 Å². The molecule has 35 heavy (non-hydrogen) atoms. The number of morpholine rings is 1. The molecule has 2 aromatic carbocycles. The normalized spacial score (nSPS) is 17.3. The molecule has 2 aliphatic heterocycles. The van der Waals surface area contributed by atoms with Gasteiger partial charge < -0.3 is 15.0 Å². The Labute approximate surface area is 205 Å². The Balaban J connectivity index is 1.46. The summed E-state index contributed by atoms with van der Waals surface area (Å²) in [5.74, 6) is 0.00722. The van der Waals surface area contributed by atoms with Crippen LogP contribution in [0.2, 0.25) is 0 Å². The number of hydrogen-bond donors (Lipinski definition) is 1. The minimum Gasteiger partial charge on any atom is -0.379 e. The number of anilines is 2. The Kier molecular flexibility index (Phi) is 6.85. The lowest BCUT2D eigenvalue weighted by Gasteiger charge is -2.31. The zero-order valence-electron chi connectivity index (χ0n) is 19.5. The molecule has 184 valence electrons. The van der Waals surface area contributed by atoms with E-state index in [2.05, 4.69) is 15.3 Å². The lowest BCUT2D eigenvalue weighted by atomic mass is 10.1. The summed E-state index contributed by atoms with van der Waals surface area (Å²) in [4.78, 5) is 15.7. The first-order valence-electron chi connectivity index (χ1n) is 11.9. The first-order valence-corrected chi connectivity index (χ1v) is 13.4. The number of para-hydroxylation sites is 1. The fourth-order valence-electron chi connectivity index (χ4n) is 4.50. The maximum atomic E-state index is 13.5. The van der Waals surface area contributed by atoms with Crippen LogP contribution in [0.5, 0.6) is 0 Å². The summed E-state index contributed by atoms with van der Waals surface area (Å²) in [6.45, 7) is 2.99. The molecule has 5 rings (SSSR count). The molecule has 0 radical (unpaired) electrons. The molecular formula is C25H29N5O4S. The van der Waals surface area contributed by atoms with Gasteiger partial charge in [0.15, 0.2) is 5.82 Å². The Hall–Kier alpha value is -3.21. The highest BCUT2D eigenvalue weighted by atomic mass is 32.2. The van der Waals surface area contributed by atoms with Gasteiger partial charge in [-0.3, -0.25) is 4.79 Å². The molecule has 2 fully saturated rings. The van der Waals surface area contributed by atoms with Crippen LogP contribution in [0.3, 0.4) is 0 Å². The smallest absolute Gasteiger partial charge is 0.259 e. The van der Waals surface area contributed by atoms with Crippen LogP contribution in [0.4, 0.5) is 11.5 Å². The third-order valence-corrected chi connectivity index (χ3v) is 8.26. The van der Waals surface area contributed by atoms with Gasteiger partial charge in [0.25, 0.3) is 5.91 Å². The number of aromatic nitrogens is 2. The number of carbonyl (C=O) groups is 1. The molecule has 0 unspecified atom stereocenters. The van der Waals surface area contributed by atoms with E-state index in [9.17, 15) is 13.2 Å². The number of nitrogens with zero attached hydrogens (tertiary/aromatic N) is 4. The van der Waals surface area contributed by atoms with Crippen LogP contribution in [0.25, 0.3) is 5.69 Å². The number of nitrogens with one attached hydrogen (secondary N) is 1. The molecule has 0 saturated carbocycles. The van der Waals surface area contributed by atoms with Crippen LogP contribution < -0.4 is 10.2 Å². The summed E-state index contributed by atoms with van der Waals surface area (Å²) >= 11 is 0. The van der Waals surface area contributed by atoms with Crippen molar-refractivity contribution in [1.82, 2.24) is 14.1 Å². The molecule has 1 aromatic heterocycles. The van der Waals surface area contributed by atoms with Crippen molar-refractivity contribution in [2.45, 2.75) is 24.2 Å². The highest BCUT2D eigenvalue weighted by Crippen LogP contribution is 2.29. The summed E-state index contributed by atoms with van der Waals surface area (Å²) in [6, 6.07) is 16.2. The van der Waals surface area contributed by atoms with Crippen LogP contribution in [-0.2, 0) is 14.8 Å². The molecule has 3 aromatic rings. The van der Waals surface area contributed by atoms with Crippen LogP contribution in [0.1, 0.15) is 29.6 Å².